The first-order valence-electron chi connectivity index (χ1n) is 8.97. The second-order valence-corrected chi connectivity index (χ2v) is 6.23. The number of carbonyl (C=O) groups is 1. The Balaban J connectivity index is 1.80. The fraction of sp³-hybridized carbons (Fsp3) is 0.0556. The van der Waals surface area contributed by atoms with E-state index >= 15 is 0 Å². The Morgan fingerprint density at radius 3 is 2.21 bits per heavy atom. The summed E-state index contributed by atoms with van der Waals surface area (Å²) in [4.78, 5) is 40.8. The SMILES string of the molecule is O=C(NNc1ncnc(Nc2ccc(OC(F)(F)F)cc2)c1[N+](=O)[O-])c1ccccc1[N+](=O)[O-]. The van der Waals surface area contributed by atoms with Crippen molar-refractivity contribution in [3.63, 3.8) is 0 Å². The number of carbonyl (C=O) groups excluding carboxylic acids is 1. The van der Waals surface area contributed by atoms with Crippen LogP contribution in [-0.2, 0) is 0 Å². The van der Waals surface area contributed by atoms with Crippen molar-refractivity contribution >= 4 is 34.6 Å². The monoisotopic (exact) mass is 479 g/mol. The molecule has 13 nitrogen and oxygen atoms in total. The number of nitro groups is 2. The highest BCUT2D eigenvalue weighted by Crippen LogP contribution is 2.32. The van der Waals surface area contributed by atoms with Crippen molar-refractivity contribution < 1.29 is 32.5 Å². The molecule has 34 heavy (non-hydrogen) atoms. The molecule has 3 rings (SSSR count). The molecule has 0 unspecified atom stereocenters. The molecule has 0 aliphatic rings. The molecule has 0 saturated carbocycles. The molecule has 0 aliphatic carbocycles. The summed E-state index contributed by atoms with van der Waals surface area (Å²) in [5.74, 6) is -2.29. The highest BCUT2D eigenvalue weighted by atomic mass is 19.4. The van der Waals surface area contributed by atoms with Gasteiger partial charge in [0.2, 0.25) is 11.6 Å². The number of ether oxygens (including phenoxy) is 1. The zero-order chi connectivity index (χ0) is 24.9. The van der Waals surface area contributed by atoms with Gasteiger partial charge in [0.15, 0.2) is 0 Å². The quantitative estimate of drug-likeness (QED) is 0.319. The third-order valence-electron chi connectivity index (χ3n) is 4.00. The van der Waals surface area contributed by atoms with Gasteiger partial charge in [0.05, 0.1) is 9.85 Å². The van der Waals surface area contributed by atoms with Crippen LogP contribution in [0.15, 0.2) is 54.9 Å². The van der Waals surface area contributed by atoms with Crippen molar-refractivity contribution in [3.05, 3.63) is 80.7 Å². The summed E-state index contributed by atoms with van der Waals surface area (Å²) in [6.45, 7) is 0. The number of anilines is 3. The van der Waals surface area contributed by atoms with Gasteiger partial charge in [-0.3, -0.25) is 35.9 Å². The summed E-state index contributed by atoms with van der Waals surface area (Å²) < 4.78 is 40.6. The van der Waals surface area contributed by atoms with Crippen molar-refractivity contribution in [3.8, 4) is 5.75 Å². The van der Waals surface area contributed by atoms with Crippen molar-refractivity contribution in [1.82, 2.24) is 15.4 Å². The molecule has 0 aliphatic heterocycles. The van der Waals surface area contributed by atoms with E-state index in [1.165, 1.54) is 18.2 Å². The third-order valence-corrected chi connectivity index (χ3v) is 4.00. The fourth-order valence-electron chi connectivity index (χ4n) is 2.62. The van der Waals surface area contributed by atoms with E-state index in [2.05, 4.69) is 30.9 Å². The van der Waals surface area contributed by atoms with E-state index in [0.29, 0.717) is 0 Å². The van der Waals surface area contributed by atoms with Crippen LogP contribution in [-0.4, -0.2) is 32.1 Å². The molecule has 1 heterocycles. The number of nitrogens with zero attached hydrogens (tertiary/aromatic N) is 4. The average molecular weight is 479 g/mol. The Hall–Kier alpha value is -5.02. The number of para-hydroxylation sites is 1. The first-order chi connectivity index (χ1) is 16.0. The van der Waals surface area contributed by atoms with Crippen LogP contribution >= 0.6 is 0 Å². The van der Waals surface area contributed by atoms with Crippen molar-refractivity contribution in [2.75, 3.05) is 10.7 Å². The smallest absolute Gasteiger partial charge is 0.406 e. The van der Waals surface area contributed by atoms with Gasteiger partial charge in [-0.2, -0.15) is 0 Å². The lowest BCUT2D eigenvalue weighted by atomic mass is 10.2. The Labute approximate surface area is 186 Å². The van der Waals surface area contributed by atoms with Gasteiger partial charge < -0.3 is 10.1 Å². The predicted octanol–water partition coefficient (Wildman–Crippen LogP) is 3.69. The lowest BCUT2D eigenvalue weighted by Gasteiger charge is -2.12. The lowest BCUT2D eigenvalue weighted by Crippen LogP contribution is -2.30. The Bertz CT molecular complexity index is 1240. The number of amides is 1. The molecule has 0 bridgehead atoms. The molecule has 3 N–H and O–H groups in total. The van der Waals surface area contributed by atoms with Gasteiger partial charge in [0.25, 0.3) is 11.6 Å². The van der Waals surface area contributed by atoms with Gasteiger partial charge in [0, 0.05) is 11.8 Å². The van der Waals surface area contributed by atoms with Crippen LogP contribution in [0.4, 0.5) is 41.9 Å². The Morgan fingerprint density at radius 2 is 1.59 bits per heavy atom. The normalized spacial score (nSPS) is 10.8. The van der Waals surface area contributed by atoms with E-state index in [0.717, 1.165) is 36.7 Å². The maximum absolute atomic E-state index is 12.3. The third kappa shape index (κ3) is 5.81. The number of nitrogens with one attached hydrogen (secondary N) is 3. The molecule has 0 spiro atoms. The van der Waals surface area contributed by atoms with E-state index in [4.69, 9.17) is 0 Å². The van der Waals surface area contributed by atoms with Crippen molar-refractivity contribution in [2.45, 2.75) is 6.36 Å². The second kappa shape index (κ2) is 9.63. The summed E-state index contributed by atoms with van der Waals surface area (Å²) >= 11 is 0. The number of benzene rings is 2. The van der Waals surface area contributed by atoms with E-state index in [1.807, 2.05) is 0 Å². The Kier molecular flexibility index (Phi) is 6.70. The fourth-order valence-corrected chi connectivity index (χ4v) is 2.62. The molecule has 176 valence electrons. The van der Waals surface area contributed by atoms with Gasteiger partial charge in [-0.05, 0) is 30.3 Å². The molecular formula is C18H12F3N7O6. The number of alkyl halides is 3. The summed E-state index contributed by atoms with van der Waals surface area (Å²) in [5.41, 5.74) is 2.92. The van der Waals surface area contributed by atoms with Crippen LogP contribution < -0.4 is 20.9 Å². The minimum Gasteiger partial charge on any atom is -0.406 e. The van der Waals surface area contributed by atoms with Gasteiger partial charge in [-0.1, -0.05) is 12.1 Å². The zero-order valence-corrected chi connectivity index (χ0v) is 16.6. The second-order valence-electron chi connectivity index (χ2n) is 6.23. The van der Waals surface area contributed by atoms with Crippen LogP contribution in [0.2, 0.25) is 0 Å². The highest BCUT2D eigenvalue weighted by molar-refractivity contribution is 5.98. The number of hydrogen-bond donors (Lipinski definition) is 3. The van der Waals surface area contributed by atoms with Crippen LogP contribution in [0.25, 0.3) is 0 Å². The molecule has 0 saturated heterocycles. The number of halogens is 3. The lowest BCUT2D eigenvalue weighted by molar-refractivity contribution is -0.385. The maximum atomic E-state index is 12.3. The van der Waals surface area contributed by atoms with Crippen molar-refractivity contribution in [2.24, 2.45) is 0 Å². The van der Waals surface area contributed by atoms with Gasteiger partial charge >= 0.3 is 12.0 Å². The predicted molar refractivity (Wildman–Crippen MR) is 109 cm³/mol. The van der Waals surface area contributed by atoms with Crippen molar-refractivity contribution in [1.29, 1.82) is 0 Å². The summed E-state index contributed by atoms with van der Waals surface area (Å²) in [6.07, 6.45) is -3.97. The van der Waals surface area contributed by atoms with Crippen LogP contribution in [0.5, 0.6) is 5.75 Å². The summed E-state index contributed by atoms with van der Waals surface area (Å²) in [5, 5.41) is 25.2. The first-order valence-corrected chi connectivity index (χ1v) is 8.97. The minimum atomic E-state index is -4.88. The molecule has 0 fully saturated rings. The maximum Gasteiger partial charge on any atom is 0.573 e. The van der Waals surface area contributed by atoms with E-state index in [9.17, 15) is 38.2 Å². The van der Waals surface area contributed by atoms with E-state index < -0.39 is 45.1 Å². The molecule has 16 heteroatoms. The number of hydrogen-bond acceptors (Lipinski definition) is 10. The van der Waals surface area contributed by atoms with E-state index in [-0.39, 0.29) is 17.1 Å². The topological polar surface area (TPSA) is 174 Å². The van der Waals surface area contributed by atoms with Crippen LogP contribution in [0.3, 0.4) is 0 Å². The Morgan fingerprint density at radius 1 is 0.941 bits per heavy atom. The van der Waals surface area contributed by atoms with Crippen LogP contribution in [0, 0.1) is 20.2 Å². The highest BCUT2D eigenvalue weighted by Gasteiger charge is 2.31. The van der Waals surface area contributed by atoms with Gasteiger partial charge in [-0.25, -0.2) is 9.97 Å². The minimum absolute atomic E-state index is 0.131. The molecule has 0 radical (unpaired) electrons. The first kappa shape index (κ1) is 23.6. The summed E-state index contributed by atoms with van der Waals surface area (Å²) in [6, 6.07) is 9.33. The number of hydrazine groups is 1. The number of rotatable bonds is 8. The molecule has 2 aromatic carbocycles. The molecular weight excluding hydrogens is 467 g/mol. The van der Waals surface area contributed by atoms with E-state index in [1.54, 1.807) is 0 Å². The molecule has 3 aromatic rings. The zero-order valence-electron chi connectivity index (χ0n) is 16.6. The summed E-state index contributed by atoms with van der Waals surface area (Å²) in [7, 11) is 0. The molecule has 0 atom stereocenters. The molecule has 1 aromatic heterocycles. The van der Waals surface area contributed by atoms with Gasteiger partial charge in [0.1, 0.15) is 17.6 Å². The largest absolute Gasteiger partial charge is 0.573 e. The average Bonchev–Trinajstić information content (AvgIpc) is 2.77. The number of nitro benzene ring substituents is 1. The number of aromatic nitrogens is 2. The van der Waals surface area contributed by atoms with Gasteiger partial charge in [-0.15, -0.1) is 13.2 Å². The van der Waals surface area contributed by atoms with Crippen LogP contribution in [0.1, 0.15) is 10.4 Å². The molecule has 1 amide bonds. The standard InChI is InChI=1S/C18H12F3N7O6/c19-18(20,21)34-11-7-5-10(6-8-11)24-15-14(28(32)33)16(23-9-22-15)25-26-17(29)12-3-1-2-4-13(12)27(30)31/h1-9H,(H,26,29)(H2,22,23,24,25).